The minimum atomic E-state index is -1.44. The summed E-state index contributed by atoms with van der Waals surface area (Å²) in [5.41, 5.74) is 0.393. The zero-order valence-corrected chi connectivity index (χ0v) is 11.8. The fourth-order valence-electron chi connectivity index (χ4n) is 2.18. The lowest BCUT2D eigenvalue weighted by Crippen LogP contribution is -2.36. The van der Waals surface area contributed by atoms with Crippen LogP contribution in [0.2, 0.25) is 0 Å². The van der Waals surface area contributed by atoms with Crippen LogP contribution in [-0.4, -0.2) is 43.0 Å². The summed E-state index contributed by atoms with van der Waals surface area (Å²) >= 11 is 0. The molecule has 1 heterocycles. The molecule has 4 atom stereocenters. The van der Waals surface area contributed by atoms with Gasteiger partial charge in [-0.05, 0) is 19.1 Å². The lowest BCUT2D eigenvalue weighted by molar-refractivity contribution is -0.152. The van der Waals surface area contributed by atoms with Gasteiger partial charge in [0.1, 0.15) is 12.7 Å². The molecule has 6 heteroatoms. The van der Waals surface area contributed by atoms with E-state index in [2.05, 4.69) is 0 Å². The molecule has 1 aromatic carbocycles. The molecule has 5 nitrogen and oxygen atoms in total. The first-order valence-electron chi connectivity index (χ1n) is 6.68. The number of hydrogen-bond acceptors (Lipinski definition) is 5. The second-order valence-corrected chi connectivity index (χ2v) is 4.86. The minimum Gasteiger partial charge on any atom is -0.459 e. The Labute approximate surface area is 122 Å². The minimum absolute atomic E-state index is 0.170. The highest BCUT2D eigenvalue weighted by atomic mass is 19.1. The molecule has 0 saturated carbocycles. The van der Waals surface area contributed by atoms with Gasteiger partial charge in [0.2, 0.25) is 0 Å². The molecule has 0 aromatic heterocycles. The third-order valence-electron chi connectivity index (χ3n) is 3.21. The fourth-order valence-corrected chi connectivity index (χ4v) is 2.18. The van der Waals surface area contributed by atoms with Crippen LogP contribution >= 0.6 is 0 Å². The van der Waals surface area contributed by atoms with Crippen LogP contribution in [0.5, 0.6) is 0 Å². The highest BCUT2D eigenvalue weighted by Gasteiger charge is 2.45. The van der Waals surface area contributed by atoms with Gasteiger partial charge in [0, 0.05) is 6.92 Å². The van der Waals surface area contributed by atoms with Crippen molar-refractivity contribution < 1.29 is 28.2 Å². The van der Waals surface area contributed by atoms with Crippen LogP contribution in [0.1, 0.15) is 24.2 Å². The van der Waals surface area contributed by atoms with E-state index in [1.54, 1.807) is 37.3 Å². The molecule has 0 aliphatic carbocycles. The van der Waals surface area contributed by atoms with Crippen molar-refractivity contribution in [3.05, 3.63) is 35.9 Å². The number of ether oxygens (including phenoxy) is 3. The Kier molecular flexibility index (Phi) is 4.90. The first kappa shape index (κ1) is 15.4. The van der Waals surface area contributed by atoms with Crippen molar-refractivity contribution in [2.24, 2.45) is 0 Å². The van der Waals surface area contributed by atoms with E-state index in [1.807, 2.05) is 0 Å². The largest absolute Gasteiger partial charge is 0.459 e. The first-order chi connectivity index (χ1) is 9.99. The summed E-state index contributed by atoms with van der Waals surface area (Å²) in [6, 6.07) is 8.43. The number of halogens is 1. The Morgan fingerprint density at radius 2 is 1.95 bits per heavy atom. The van der Waals surface area contributed by atoms with Crippen LogP contribution in [0.25, 0.3) is 0 Å². The fraction of sp³-hybridized carbons (Fsp3) is 0.467. The molecule has 0 amide bonds. The summed E-state index contributed by atoms with van der Waals surface area (Å²) in [4.78, 5) is 22.8. The summed E-state index contributed by atoms with van der Waals surface area (Å²) in [6.45, 7) is 2.57. The van der Waals surface area contributed by atoms with Crippen LogP contribution in [0.4, 0.5) is 4.39 Å². The molecule has 0 spiro atoms. The Balaban J connectivity index is 1.95. The predicted molar refractivity (Wildman–Crippen MR) is 71.5 cm³/mol. The Hall–Kier alpha value is -1.95. The second kappa shape index (κ2) is 6.67. The summed E-state index contributed by atoms with van der Waals surface area (Å²) in [6.07, 6.45) is -4.00. The van der Waals surface area contributed by atoms with Crippen molar-refractivity contribution >= 4 is 11.9 Å². The monoisotopic (exact) mass is 296 g/mol. The smallest absolute Gasteiger partial charge is 0.338 e. The van der Waals surface area contributed by atoms with E-state index < -0.39 is 36.4 Å². The van der Waals surface area contributed by atoms with E-state index in [1.165, 1.54) is 6.92 Å². The van der Waals surface area contributed by atoms with Gasteiger partial charge >= 0.3 is 11.9 Å². The van der Waals surface area contributed by atoms with Crippen molar-refractivity contribution in [3.8, 4) is 0 Å². The summed E-state index contributed by atoms with van der Waals surface area (Å²) < 4.78 is 29.3. The van der Waals surface area contributed by atoms with Crippen LogP contribution in [0.15, 0.2) is 30.3 Å². The maximum Gasteiger partial charge on any atom is 0.338 e. The standard InChI is InChI=1S/C15H17FO5/c1-9-13(16)14(21-10(2)17)12(20-9)8-19-15(18)11-6-4-3-5-7-11/h3-7,9,12-14H,8H2,1-2H3/t9-,12+,13+,14+/m0/s1. The van der Waals surface area contributed by atoms with E-state index >= 15 is 0 Å². The molecule has 0 N–H and O–H groups in total. The van der Waals surface area contributed by atoms with Crippen molar-refractivity contribution in [3.63, 3.8) is 0 Å². The Morgan fingerprint density at radius 3 is 2.57 bits per heavy atom. The SMILES string of the molecule is CC(=O)O[C@H]1[C@H](F)[C@H](C)O[C@@H]1COC(=O)c1ccccc1. The molecule has 2 rings (SSSR count). The molecule has 0 bridgehead atoms. The molecule has 1 aliphatic rings. The van der Waals surface area contributed by atoms with E-state index in [-0.39, 0.29) is 6.61 Å². The van der Waals surface area contributed by atoms with Crippen LogP contribution < -0.4 is 0 Å². The van der Waals surface area contributed by atoms with E-state index in [4.69, 9.17) is 14.2 Å². The molecule has 0 radical (unpaired) electrons. The third kappa shape index (κ3) is 3.78. The molecular formula is C15H17FO5. The molecule has 114 valence electrons. The molecule has 0 unspecified atom stereocenters. The van der Waals surface area contributed by atoms with Crippen molar-refractivity contribution in [1.29, 1.82) is 0 Å². The topological polar surface area (TPSA) is 61.8 Å². The second-order valence-electron chi connectivity index (χ2n) is 4.86. The average molecular weight is 296 g/mol. The summed E-state index contributed by atoms with van der Waals surface area (Å²) in [7, 11) is 0. The maximum atomic E-state index is 13.9. The number of esters is 2. The lowest BCUT2D eigenvalue weighted by atomic mass is 10.1. The van der Waals surface area contributed by atoms with Gasteiger partial charge in [-0.1, -0.05) is 18.2 Å². The van der Waals surface area contributed by atoms with Crippen molar-refractivity contribution in [1.82, 2.24) is 0 Å². The lowest BCUT2D eigenvalue weighted by Gasteiger charge is -2.19. The zero-order valence-electron chi connectivity index (χ0n) is 11.8. The number of rotatable bonds is 4. The predicted octanol–water partition coefficient (Wildman–Crippen LogP) is 1.90. The summed E-state index contributed by atoms with van der Waals surface area (Å²) in [5.74, 6) is -1.13. The molecule has 1 fully saturated rings. The Bertz CT molecular complexity index is 504. The number of alkyl halides is 1. The molecule has 1 saturated heterocycles. The van der Waals surface area contributed by atoms with Crippen LogP contribution in [0, 0.1) is 0 Å². The molecular weight excluding hydrogens is 279 g/mol. The highest BCUT2D eigenvalue weighted by Crippen LogP contribution is 2.27. The van der Waals surface area contributed by atoms with Crippen molar-refractivity contribution in [2.75, 3.05) is 6.61 Å². The molecule has 1 aliphatic heterocycles. The van der Waals surface area contributed by atoms with E-state index in [0.29, 0.717) is 5.56 Å². The maximum absolute atomic E-state index is 13.9. The first-order valence-corrected chi connectivity index (χ1v) is 6.68. The molecule has 1 aromatic rings. The molecule has 21 heavy (non-hydrogen) atoms. The van der Waals surface area contributed by atoms with Gasteiger partial charge in [-0.2, -0.15) is 0 Å². The highest BCUT2D eigenvalue weighted by molar-refractivity contribution is 5.89. The number of hydrogen-bond donors (Lipinski definition) is 0. The number of benzene rings is 1. The van der Waals surface area contributed by atoms with Gasteiger partial charge in [-0.25, -0.2) is 9.18 Å². The normalized spacial score (nSPS) is 28.1. The van der Waals surface area contributed by atoms with Gasteiger partial charge < -0.3 is 14.2 Å². The quantitative estimate of drug-likeness (QED) is 0.794. The van der Waals surface area contributed by atoms with Crippen LogP contribution in [0.3, 0.4) is 0 Å². The van der Waals surface area contributed by atoms with Crippen molar-refractivity contribution in [2.45, 2.75) is 38.3 Å². The van der Waals surface area contributed by atoms with Gasteiger partial charge in [0.05, 0.1) is 11.7 Å². The Morgan fingerprint density at radius 1 is 1.29 bits per heavy atom. The van der Waals surface area contributed by atoms with Gasteiger partial charge in [0.25, 0.3) is 0 Å². The van der Waals surface area contributed by atoms with Crippen LogP contribution in [-0.2, 0) is 19.0 Å². The zero-order chi connectivity index (χ0) is 15.4. The summed E-state index contributed by atoms with van der Waals surface area (Å²) in [5, 5.41) is 0. The van der Waals surface area contributed by atoms with E-state index in [0.717, 1.165) is 0 Å². The number of carbonyl (C=O) groups excluding carboxylic acids is 2. The van der Waals surface area contributed by atoms with Gasteiger partial charge in [-0.3, -0.25) is 4.79 Å². The van der Waals surface area contributed by atoms with Gasteiger partial charge in [0.15, 0.2) is 12.3 Å². The van der Waals surface area contributed by atoms with E-state index in [9.17, 15) is 14.0 Å². The third-order valence-corrected chi connectivity index (χ3v) is 3.21. The number of carbonyl (C=O) groups is 2. The average Bonchev–Trinajstić information content (AvgIpc) is 2.73. The van der Waals surface area contributed by atoms with Gasteiger partial charge in [-0.15, -0.1) is 0 Å².